The molecule has 3 rings (SSSR count). The van der Waals surface area contributed by atoms with Crippen molar-refractivity contribution in [1.29, 1.82) is 0 Å². The van der Waals surface area contributed by atoms with Crippen molar-refractivity contribution >= 4 is 23.8 Å². The van der Waals surface area contributed by atoms with E-state index in [0.717, 1.165) is 12.1 Å². The number of aromatic carboxylic acids is 1. The van der Waals surface area contributed by atoms with E-state index in [-0.39, 0.29) is 18.6 Å². The highest BCUT2D eigenvalue weighted by molar-refractivity contribution is 5.96. The van der Waals surface area contributed by atoms with E-state index in [2.05, 4.69) is 0 Å². The van der Waals surface area contributed by atoms with Crippen LogP contribution in [0.15, 0.2) is 18.2 Å². The molecule has 0 spiro atoms. The number of carboxylic acids is 1. The third-order valence-electron chi connectivity index (χ3n) is 4.50. The Hall–Kier alpha value is -2.84. The van der Waals surface area contributed by atoms with Crippen LogP contribution in [-0.4, -0.2) is 70.8 Å². The van der Waals surface area contributed by atoms with Gasteiger partial charge in [0.2, 0.25) is 0 Å². The fourth-order valence-corrected chi connectivity index (χ4v) is 3.26. The second-order valence-electron chi connectivity index (χ2n) is 7.64. The maximum atomic E-state index is 14.0. The Bertz CT molecular complexity index is 792. The van der Waals surface area contributed by atoms with Crippen LogP contribution in [0.4, 0.5) is 19.7 Å². The third kappa shape index (κ3) is 3.81. The van der Waals surface area contributed by atoms with Crippen LogP contribution < -0.4 is 4.90 Å². The zero-order valence-electron chi connectivity index (χ0n) is 15.4. The fraction of sp³-hybridized carbons (Fsp3) is 0.500. The highest BCUT2D eigenvalue weighted by atomic mass is 19.1. The van der Waals surface area contributed by atoms with Crippen molar-refractivity contribution in [1.82, 2.24) is 9.80 Å². The maximum Gasteiger partial charge on any atom is 0.410 e. The highest BCUT2D eigenvalue weighted by Crippen LogP contribution is 2.28. The second kappa shape index (κ2) is 6.71. The monoisotopic (exact) mass is 379 g/mol. The normalized spacial score (nSPS) is 19.9. The molecule has 1 aromatic carbocycles. The summed E-state index contributed by atoms with van der Waals surface area (Å²) in [5, 5.41) is 8.93. The van der Waals surface area contributed by atoms with Crippen molar-refractivity contribution in [2.24, 2.45) is 0 Å². The van der Waals surface area contributed by atoms with Crippen molar-refractivity contribution in [2.75, 3.05) is 31.1 Å². The lowest BCUT2D eigenvalue weighted by molar-refractivity contribution is 0.0128. The first-order chi connectivity index (χ1) is 12.6. The van der Waals surface area contributed by atoms with Crippen LogP contribution >= 0.6 is 0 Å². The summed E-state index contributed by atoms with van der Waals surface area (Å²) in [6, 6.07) is 3.08. The zero-order chi connectivity index (χ0) is 19.9. The topological polar surface area (TPSA) is 90.4 Å². The number of halogens is 1. The molecule has 9 heteroatoms. The van der Waals surface area contributed by atoms with Crippen LogP contribution in [0.5, 0.6) is 0 Å². The predicted octanol–water partition coefficient (Wildman–Crippen LogP) is 2.39. The molecule has 2 fully saturated rings. The summed E-state index contributed by atoms with van der Waals surface area (Å²) in [5.41, 5.74) is -0.755. The minimum absolute atomic E-state index is 0.235. The smallest absolute Gasteiger partial charge is 0.410 e. The number of hydrogen-bond acceptors (Lipinski definition) is 4. The van der Waals surface area contributed by atoms with Gasteiger partial charge < -0.3 is 19.6 Å². The van der Waals surface area contributed by atoms with Gasteiger partial charge >= 0.3 is 18.1 Å². The SMILES string of the molecule is CC(C)(C)OC(=O)N1CCN2C(=O)N(c3ccc(C(=O)O)c(F)c3)C[C@@H]2C1. The molecule has 2 aliphatic rings. The number of carboxylic acid groups (broad SMARTS) is 1. The summed E-state index contributed by atoms with van der Waals surface area (Å²) in [4.78, 5) is 40.5. The van der Waals surface area contributed by atoms with E-state index in [9.17, 15) is 18.8 Å². The Labute approximate surface area is 156 Å². The van der Waals surface area contributed by atoms with Gasteiger partial charge in [0.05, 0.1) is 11.6 Å². The molecule has 0 unspecified atom stereocenters. The van der Waals surface area contributed by atoms with Crippen LogP contribution in [0.25, 0.3) is 0 Å². The largest absolute Gasteiger partial charge is 0.478 e. The molecule has 146 valence electrons. The Morgan fingerprint density at radius 2 is 1.93 bits per heavy atom. The molecule has 1 atom stereocenters. The van der Waals surface area contributed by atoms with E-state index in [1.54, 1.807) is 30.6 Å². The van der Waals surface area contributed by atoms with Crippen LogP contribution in [-0.2, 0) is 4.74 Å². The summed E-state index contributed by atoms with van der Waals surface area (Å²) in [5.74, 6) is -2.26. The van der Waals surface area contributed by atoms with Crippen molar-refractivity contribution < 1.29 is 28.6 Å². The van der Waals surface area contributed by atoms with E-state index in [1.165, 1.54) is 11.0 Å². The summed E-state index contributed by atoms with van der Waals surface area (Å²) in [6.45, 7) is 6.69. The molecule has 2 saturated heterocycles. The average molecular weight is 379 g/mol. The molecule has 8 nitrogen and oxygen atoms in total. The molecule has 2 heterocycles. The van der Waals surface area contributed by atoms with Crippen LogP contribution in [0.1, 0.15) is 31.1 Å². The molecule has 0 radical (unpaired) electrons. The molecular formula is C18H22FN3O5. The molecule has 1 aromatic rings. The first kappa shape index (κ1) is 18.9. The molecule has 2 aliphatic heterocycles. The van der Waals surface area contributed by atoms with Gasteiger partial charge in [-0.15, -0.1) is 0 Å². The number of carbonyl (C=O) groups is 3. The first-order valence-electron chi connectivity index (χ1n) is 8.66. The van der Waals surface area contributed by atoms with Crippen molar-refractivity contribution in [3.05, 3.63) is 29.6 Å². The third-order valence-corrected chi connectivity index (χ3v) is 4.50. The van der Waals surface area contributed by atoms with E-state index < -0.39 is 29.0 Å². The van der Waals surface area contributed by atoms with Gasteiger partial charge in [0, 0.05) is 31.9 Å². The van der Waals surface area contributed by atoms with Crippen molar-refractivity contribution in [3.63, 3.8) is 0 Å². The van der Waals surface area contributed by atoms with Gasteiger partial charge in [-0.25, -0.2) is 18.8 Å². The van der Waals surface area contributed by atoms with Crippen LogP contribution in [0.3, 0.4) is 0 Å². The number of benzene rings is 1. The number of anilines is 1. The number of carbonyl (C=O) groups excluding carboxylic acids is 2. The molecule has 1 N–H and O–H groups in total. The fourth-order valence-electron chi connectivity index (χ4n) is 3.26. The summed E-state index contributed by atoms with van der Waals surface area (Å²) in [6.07, 6.45) is -0.426. The summed E-state index contributed by atoms with van der Waals surface area (Å²) >= 11 is 0. The van der Waals surface area contributed by atoms with Gasteiger partial charge in [0.25, 0.3) is 0 Å². The summed E-state index contributed by atoms with van der Waals surface area (Å²) < 4.78 is 19.4. The van der Waals surface area contributed by atoms with Gasteiger partial charge in [-0.1, -0.05) is 0 Å². The molecular weight excluding hydrogens is 357 g/mol. The Balaban J connectivity index is 1.73. The lowest BCUT2D eigenvalue weighted by Crippen LogP contribution is -2.54. The van der Waals surface area contributed by atoms with E-state index in [1.807, 2.05) is 0 Å². The number of fused-ring (bicyclic) bond motifs is 1. The van der Waals surface area contributed by atoms with E-state index >= 15 is 0 Å². The highest BCUT2D eigenvalue weighted by Gasteiger charge is 2.43. The number of amides is 3. The zero-order valence-corrected chi connectivity index (χ0v) is 15.4. The lowest BCUT2D eigenvalue weighted by Gasteiger charge is -2.36. The van der Waals surface area contributed by atoms with Crippen LogP contribution in [0, 0.1) is 5.82 Å². The molecule has 0 bridgehead atoms. The number of ether oxygens (including phenoxy) is 1. The lowest BCUT2D eigenvalue weighted by atomic mass is 10.1. The average Bonchev–Trinajstić information content (AvgIpc) is 2.89. The minimum Gasteiger partial charge on any atom is -0.478 e. The van der Waals surface area contributed by atoms with E-state index in [4.69, 9.17) is 9.84 Å². The van der Waals surface area contributed by atoms with Gasteiger partial charge in [0.15, 0.2) is 0 Å². The van der Waals surface area contributed by atoms with Gasteiger partial charge in [0.1, 0.15) is 11.4 Å². The Morgan fingerprint density at radius 3 is 2.52 bits per heavy atom. The maximum absolute atomic E-state index is 14.0. The quantitative estimate of drug-likeness (QED) is 0.852. The van der Waals surface area contributed by atoms with E-state index in [0.29, 0.717) is 25.3 Å². The number of rotatable bonds is 2. The van der Waals surface area contributed by atoms with Gasteiger partial charge in [-0.05, 0) is 39.0 Å². The Morgan fingerprint density at radius 1 is 1.22 bits per heavy atom. The van der Waals surface area contributed by atoms with Crippen molar-refractivity contribution in [3.8, 4) is 0 Å². The second-order valence-corrected chi connectivity index (χ2v) is 7.64. The summed E-state index contributed by atoms with van der Waals surface area (Å²) in [7, 11) is 0. The number of hydrogen-bond donors (Lipinski definition) is 1. The van der Waals surface area contributed by atoms with Gasteiger partial charge in [-0.2, -0.15) is 0 Å². The predicted molar refractivity (Wildman–Crippen MR) is 94.4 cm³/mol. The molecule has 0 saturated carbocycles. The molecule has 3 amide bonds. The van der Waals surface area contributed by atoms with Gasteiger partial charge in [-0.3, -0.25) is 4.90 Å². The minimum atomic E-state index is -1.36. The first-order valence-corrected chi connectivity index (χ1v) is 8.66. The number of piperazine rings is 1. The number of nitrogens with zero attached hydrogens (tertiary/aromatic N) is 3. The molecule has 0 aliphatic carbocycles. The Kier molecular flexibility index (Phi) is 4.71. The molecule has 0 aromatic heterocycles. The standard InChI is InChI=1S/C18H22FN3O5/c1-18(2,3)27-17(26)20-6-7-21-12(9-20)10-22(16(21)25)11-4-5-13(15(23)24)14(19)8-11/h4-5,8,12H,6-7,9-10H2,1-3H3,(H,23,24)/t12-/m0/s1. The number of urea groups is 1. The van der Waals surface area contributed by atoms with Crippen LogP contribution in [0.2, 0.25) is 0 Å². The molecule has 27 heavy (non-hydrogen) atoms. The van der Waals surface area contributed by atoms with Crippen molar-refractivity contribution in [2.45, 2.75) is 32.4 Å².